The summed E-state index contributed by atoms with van der Waals surface area (Å²) >= 11 is 1.39. The van der Waals surface area contributed by atoms with Crippen molar-refractivity contribution in [1.82, 2.24) is 10.6 Å². The van der Waals surface area contributed by atoms with E-state index in [1.165, 1.54) is 17.4 Å². The molecule has 0 fully saturated rings. The Kier molecular flexibility index (Phi) is 6.68. The summed E-state index contributed by atoms with van der Waals surface area (Å²) in [6.45, 7) is 3.32. The summed E-state index contributed by atoms with van der Waals surface area (Å²) in [5.41, 5.74) is 0.353. The zero-order chi connectivity index (χ0) is 19.1. The SMILES string of the molecule is CC(C)[C@H](NC(=O)/C(=C\c1cccs1)NC(=O)c1ccccc1)C(=O)[O-]. The minimum Gasteiger partial charge on any atom is -0.548 e. The molecule has 1 atom stereocenters. The number of hydrogen-bond donors (Lipinski definition) is 2. The fourth-order valence-electron chi connectivity index (χ4n) is 2.17. The molecule has 1 aromatic heterocycles. The van der Waals surface area contributed by atoms with Crippen LogP contribution in [-0.2, 0) is 9.59 Å². The lowest BCUT2D eigenvalue weighted by atomic mass is 10.0. The number of benzene rings is 1. The maximum absolute atomic E-state index is 12.6. The van der Waals surface area contributed by atoms with Crippen molar-refractivity contribution < 1.29 is 19.5 Å². The van der Waals surface area contributed by atoms with E-state index in [0.717, 1.165) is 4.88 Å². The molecule has 0 aliphatic heterocycles. The van der Waals surface area contributed by atoms with Gasteiger partial charge in [0.2, 0.25) is 0 Å². The second-order valence-electron chi connectivity index (χ2n) is 5.91. The van der Waals surface area contributed by atoms with Crippen molar-refractivity contribution in [3.8, 4) is 0 Å². The standard InChI is InChI=1S/C19H20N2O4S/c1-12(2)16(19(24)25)21-18(23)15(11-14-9-6-10-26-14)20-17(22)13-7-4-3-5-8-13/h3-12,16H,1-2H3,(H,20,22)(H,21,23)(H,24,25)/p-1/b15-11+/t16-/m0/s1. The Labute approximate surface area is 155 Å². The van der Waals surface area contributed by atoms with Gasteiger partial charge in [-0.05, 0) is 35.6 Å². The van der Waals surface area contributed by atoms with Crippen LogP contribution >= 0.6 is 11.3 Å². The molecule has 136 valence electrons. The van der Waals surface area contributed by atoms with Crippen molar-refractivity contribution in [3.63, 3.8) is 0 Å². The molecule has 2 N–H and O–H groups in total. The number of aliphatic carboxylic acids is 1. The maximum atomic E-state index is 12.6. The van der Waals surface area contributed by atoms with E-state index >= 15 is 0 Å². The van der Waals surface area contributed by atoms with Crippen LogP contribution in [0.15, 0.2) is 53.5 Å². The van der Waals surface area contributed by atoms with E-state index in [-0.39, 0.29) is 11.6 Å². The third-order valence-corrected chi connectivity index (χ3v) is 4.39. The minimum atomic E-state index is -1.38. The zero-order valence-electron chi connectivity index (χ0n) is 14.4. The first kappa shape index (κ1) is 19.4. The summed E-state index contributed by atoms with van der Waals surface area (Å²) in [5.74, 6) is -2.89. The predicted octanol–water partition coefficient (Wildman–Crippen LogP) is 1.41. The fourth-order valence-corrected chi connectivity index (χ4v) is 2.83. The second kappa shape index (κ2) is 8.96. The first-order chi connectivity index (χ1) is 12.4. The number of carboxylic acid groups (broad SMARTS) is 1. The third kappa shape index (κ3) is 5.29. The van der Waals surface area contributed by atoms with E-state index in [9.17, 15) is 19.5 Å². The summed E-state index contributed by atoms with van der Waals surface area (Å²) in [7, 11) is 0. The normalized spacial score (nSPS) is 12.5. The van der Waals surface area contributed by atoms with Gasteiger partial charge in [-0.3, -0.25) is 9.59 Å². The van der Waals surface area contributed by atoms with Gasteiger partial charge in [0.05, 0.1) is 12.0 Å². The number of nitrogens with one attached hydrogen (secondary N) is 2. The van der Waals surface area contributed by atoms with Gasteiger partial charge in [0, 0.05) is 10.4 Å². The van der Waals surface area contributed by atoms with Crippen LogP contribution in [0.2, 0.25) is 0 Å². The highest BCUT2D eigenvalue weighted by Crippen LogP contribution is 2.14. The molecule has 1 heterocycles. The molecule has 1 aromatic carbocycles. The van der Waals surface area contributed by atoms with Crippen LogP contribution in [0.5, 0.6) is 0 Å². The summed E-state index contributed by atoms with van der Waals surface area (Å²) in [4.78, 5) is 36.9. The highest BCUT2D eigenvalue weighted by molar-refractivity contribution is 7.10. The number of carbonyl (C=O) groups is 3. The number of carboxylic acids is 1. The molecule has 0 unspecified atom stereocenters. The molecule has 2 amide bonds. The first-order valence-corrected chi connectivity index (χ1v) is 8.89. The zero-order valence-corrected chi connectivity index (χ0v) is 15.2. The van der Waals surface area contributed by atoms with E-state index in [0.29, 0.717) is 5.56 Å². The monoisotopic (exact) mass is 371 g/mol. The van der Waals surface area contributed by atoms with Crippen molar-refractivity contribution >= 4 is 35.2 Å². The molecule has 0 bridgehead atoms. The van der Waals surface area contributed by atoms with Gasteiger partial charge in [0.25, 0.3) is 11.8 Å². The molecule has 7 heteroatoms. The van der Waals surface area contributed by atoms with Crippen molar-refractivity contribution in [2.45, 2.75) is 19.9 Å². The fraction of sp³-hybridized carbons (Fsp3) is 0.211. The van der Waals surface area contributed by atoms with Crippen molar-refractivity contribution in [1.29, 1.82) is 0 Å². The van der Waals surface area contributed by atoms with Gasteiger partial charge in [-0.15, -0.1) is 11.3 Å². The number of hydrogen-bond acceptors (Lipinski definition) is 5. The topological polar surface area (TPSA) is 98.3 Å². The quantitative estimate of drug-likeness (QED) is 0.719. The lowest BCUT2D eigenvalue weighted by Gasteiger charge is -2.24. The Morgan fingerprint density at radius 1 is 1.08 bits per heavy atom. The predicted molar refractivity (Wildman–Crippen MR) is 98.0 cm³/mol. The molecule has 0 spiro atoms. The Morgan fingerprint density at radius 2 is 1.77 bits per heavy atom. The van der Waals surface area contributed by atoms with Crippen LogP contribution in [-0.4, -0.2) is 23.8 Å². The van der Waals surface area contributed by atoms with Gasteiger partial charge in [-0.2, -0.15) is 0 Å². The molecular weight excluding hydrogens is 352 g/mol. The van der Waals surface area contributed by atoms with Gasteiger partial charge in [-0.1, -0.05) is 38.1 Å². The highest BCUT2D eigenvalue weighted by Gasteiger charge is 2.21. The van der Waals surface area contributed by atoms with E-state index in [1.54, 1.807) is 50.2 Å². The molecule has 6 nitrogen and oxygen atoms in total. The van der Waals surface area contributed by atoms with E-state index in [4.69, 9.17) is 0 Å². The first-order valence-electron chi connectivity index (χ1n) is 8.02. The summed E-state index contributed by atoms with van der Waals surface area (Å²) in [6, 6.07) is 10.9. The van der Waals surface area contributed by atoms with Gasteiger partial charge >= 0.3 is 0 Å². The van der Waals surface area contributed by atoms with Crippen molar-refractivity contribution in [3.05, 3.63) is 64.0 Å². The second-order valence-corrected chi connectivity index (χ2v) is 6.89. The van der Waals surface area contributed by atoms with E-state index in [2.05, 4.69) is 10.6 Å². The van der Waals surface area contributed by atoms with Crippen LogP contribution < -0.4 is 15.7 Å². The van der Waals surface area contributed by atoms with Gasteiger partial charge in [-0.25, -0.2) is 0 Å². The molecule has 2 aromatic rings. The van der Waals surface area contributed by atoms with Gasteiger partial charge < -0.3 is 20.5 Å². The summed E-state index contributed by atoms with van der Waals surface area (Å²) < 4.78 is 0. The summed E-state index contributed by atoms with van der Waals surface area (Å²) in [5, 5.41) is 18.0. The summed E-state index contributed by atoms with van der Waals surface area (Å²) in [6.07, 6.45) is 1.51. The van der Waals surface area contributed by atoms with Gasteiger partial charge in [0.1, 0.15) is 5.70 Å². The van der Waals surface area contributed by atoms with E-state index < -0.39 is 23.8 Å². The molecule has 0 radical (unpaired) electrons. The molecule has 0 aliphatic rings. The molecule has 0 saturated carbocycles. The Hall–Kier alpha value is -2.93. The Bertz CT molecular complexity index is 798. The minimum absolute atomic E-state index is 0.0341. The van der Waals surface area contributed by atoms with Crippen LogP contribution in [0, 0.1) is 5.92 Å². The molecule has 0 aliphatic carbocycles. The number of thiophene rings is 1. The smallest absolute Gasteiger partial charge is 0.268 e. The molecular formula is C19H19N2O4S-. The third-order valence-electron chi connectivity index (χ3n) is 3.57. The van der Waals surface area contributed by atoms with Crippen molar-refractivity contribution in [2.75, 3.05) is 0 Å². The lowest BCUT2D eigenvalue weighted by Crippen LogP contribution is -2.52. The Morgan fingerprint density at radius 3 is 2.31 bits per heavy atom. The average Bonchev–Trinajstić information content (AvgIpc) is 3.12. The van der Waals surface area contributed by atoms with Crippen LogP contribution in [0.25, 0.3) is 6.08 Å². The number of amides is 2. The van der Waals surface area contributed by atoms with Crippen LogP contribution in [0.3, 0.4) is 0 Å². The van der Waals surface area contributed by atoms with Crippen molar-refractivity contribution in [2.24, 2.45) is 5.92 Å². The van der Waals surface area contributed by atoms with Gasteiger partial charge in [0.15, 0.2) is 0 Å². The largest absolute Gasteiger partial charge is 0.548 e. The average molecular weight is 371 g/mol. The van der Waals surface area contributed by atoms with Crippen LogP contribution in [0.1, 0.15) is 29.1 Å². The molecule has 0 saturated heterocycles. The number of rotatable bonds is 7. The lowest BCUT2D eigenvalue weighted by molar-refractivity contribution is -0.309. The van der Waals surface area contributed by atoms with Crippen LogP contribution in [0.4, 0.5) is 0 Å². The number of carbonyl (C=O) groups excluding carboxylic acids is 3. The Balaban J connectivity index is 2.25. The molecule has 26 heavy (non-hydrogen) atoms. The van der Waals surface area contributed by atoms with E-state index in [1.807, 2.05) is 11.4 Å². The molecule has 2 rings (SSSR count). The highest BCUT2D eigenvalue weighted by atomic mass is 32.1. The maximum Gasteiger partial charge on any atom is 0.268 e.